The van der Waals surface area contributed by atoms with Gasteiger partial charge in [-0.25, -0.2) is 14.4 Å². The van der Waals surface area contributed by atoms with Crippen molar-refractivity contribution in [3.05, 3.63) is 86.6 Å². The molecular weight excluding hydrogens is 744 g/mol. The van der Waals surface area contributed by atoms with Gasteiger partial charge in [0.1, 0.15) is 35.6 Å². The van der Waals surface area contributed by atoms with E-state index in [4.69, 9.17) is 14.2 Å². The Morgan fingerprint density at radius 1 is 0.821 bits per heavy atom. The number of aryl methyl sites for hydroxylation is 1. The average Bonchev–Trinajstić information content (AvgIpc) is 3.25. The number of aliphatic hydroxyl groups is 3. The molecule has 4 aromatic rings. The number of ether oxygens (including phenoxy) is 3. The number of esters is 2. The molecule has 0 aromatic heterocycles. The highest BCUT2D eigenvalue weighted by Gasteiger charge is 2.50. The van der Waals surface area contributed by atoms with Crippen LogP contribution in [0, 0.1) is 6.92 Å². The molecule has 1 fully saturated rings. The maximum Gasteiger partial charge on any atom is 0.338 e. The number of hydrogen-bond acceptors (Lipinski definition) is 17. The molecule has 18 nitrogen and oxygen atoms in total. The third kappa shape index (κ3) is 7.22. The van der Waals surface area contributed by atoms with Gasteiger partial charge in [-0.15, -0.1) is 0 Å². The molecule has 1 aliphatic carbocycles. The Morgan fingerprint density at radius 3 is 2.20 bits per heavy atom. The first-order valence-electron chi connectivity index (χ1n) is 16.7. The summed E-state index contributed by atoms with van der Waals surface area (Å²) in [5.41, 5.74) is -4.02. The van der Waals surface area contributed by atoms with Crippen LogP contribution >= 0.6 is 0 Å². The maximum atomic E-state index is 13.9. The number of phenolic OH excluding ortho intramolecular Hbond substituents is 6. The number of carbonyl (C=O) groups is 3. The van der Waals surface area contributed by atoms with Gasteiger partial charge in [-0.05, 0) is 59.8 Å². The number of carboxylic acids is 1. The van der Waals surface area contributed by atoms with Crippen LogP contribution in [-0.2, 0) is 25.5 Å². The minimum absolute atomic E-state index is 0.00717. The summed E-state index contributed by atoms with van der Waals surface area (Å²) in [7, 11) is 0. The molecule has 4 aromatic carbocycles. The zero-order chi connectivity index (χ0) is 41.0. The van der Waals surface area contributed by atoms with Gasteiger partial charge in [0.15, 0.2) is 40.5 Å². The summed E-state index contributed by atoms with van der Waals surface area (Å²) < 4.78 is 16.9. The van der Waals surface area contributed by atoms with Gasteiger partial charge in [-0.2, -0.15) is 0 Å². The van der Waals surface area contributed by atoms with Gasteiger partial charge >= 0.3 is 17.9 Å². The number of fused-ring (bicyclic) bond motifs is 2. The van der Waals surface area contributed by atoms with Crippen molar-refractivity contribution in [2.75, 3.05) is 0 Å². The zero-order valence-electron chi connectivity index (χ0n) is 29.0. The standard InChI is InChI=1S/C38H34O18/c1-14-4-16(7-22(41)31(14)46)35-27(11-20-21(40)9-18(39)10-26(20)55-35)56-36(50)17-5-19-15(6-23(42)33(48)30(19)34(49)24(43)8-17)2-3-29(45)54-28-13-38(53,37(51)52)12-25(44)32(28)47/h2-10,25,27-28,32,35,39-42,44,46-48,53H,11-13H2,1H3,(H,43,49)(H,51,52)/b3-2+/t25?,27-,28?,32?,35-,38?/m1/s1. The summed E-state index contributed by atoms with van der Waals surface area (Å²) in [6.45, 7) is 1.48. The monoisotopic (exact) mass is 778 g/mol. The molecule has 0 radical (unpaired) electrons. The summed E-state index contributed by atoms with van der Waals surface area (Å²) in [5, 5.41) is 112. The van der Waals surface area contributed by atoms with Crippen LogP contribution < -0.4 is 10.2 Å². The van der Waals surface area contributed by atoms with Crippen molar-refractivity contribution in [1.29, 1.82) is 0 Å². The normalized spacial score (nSPS) is 23.2. The number of carboxylic acid groups (broad SMARTS) is 1. The molecule has 18 heteroatoms. The molecule has 0 bridgehead atoms. The van der Waals surface area contributed by atoms with Crippen LogP contribution in [0.15, 0.2) is 53.3 Å². The van der Waals surface area contributed by atoms with Crippen molar-refractivity contribution in [1.82, 2.24) is 0 Å². The number of benzene rings is 3. The highest BCUT2D eigenvalue weighted by atomic mass is 16.6. The minimum atomic E-state index is -2.53. The minimum Gasteiger partial charge on any atom is -0.508 e. The lowest BCUT2D eigenvalue weighted by molar-refractivity contribution is -0.196. The van der Waals surface area contributed by atoms with Crippen LogP contribution in [-0.4, -0.2) is 104 Å². The number of hydrogen-bond donors (Lipinski definition) is 11. The number of carbonyl (C=O) groups excluding carboxylic acids is 2. The van der Waals surface area contributed by atoms with Gasteiger partial charge in [0.2, 0.25) is 5.43 Å². The van der Waals surface area contributed by atoms with Crippen molar-refractivity contribution in [3.8, 4) is 46.0 Å². The topological polar surface area (TPSA) is 318 Å². The molecule has 0 saturated heterocycles. The maximum absolute atomic E-state index is 13.9. The number of aliphatic carboxylic acids is 1. The average molecular weight is 779 g/mol. The fourth-order valence-electron chi connectivity index (χ4n) is 6.75. The van der Waals surface area contributed by atoms with Crippen molar-refractivity contribution in [3.63, 3.8) is 0 Å². The molecule has 0 amide bonds. The zero-order valence-corrected chi connectivity index (χ0v) is 29.0. The molecule has 1 aliphatic heterocycles. The Balaban J connectivity index is 1.38. The third-order valence-corrected chi connectivity index (χ3v) is 9.62. The first kappa shape index (κ1) is 38.9. The molecule has 294 valence electrons. The van der Waals surface area contributed by atoms with Crippen molar-refractivity contribution < 1.29 is 84.8 Å². The molecule has 1 heterocycles. The molecule has 56 heavy (non-hydrogen) atoms. The summed E-state index contributed by atoms with van der Waals surface area (Å²) >= 11 is 0. The van der Waals surface area contributed by atoms with Gasteiger partial charge in [-0.1, -0.05) is 0 Å². The molecule has 11 N–H and O–H groups in total. The number of aromatic hydroxyl groups is 7. The first-order chi connectivity index (χ1) is 26.3. The molecule has 2 aliphatic rings. The lowest BCUT2D eigenvalue weighted by atomic mass is 9.79. The van der Waals surface area contributed by atoms with Gasteiger partial charge in [0, 0.05) is 48.6 Å². The SMILES string of the molecule is Cc1cc([C@H]2Oc3cc(O)cc(O)c3C[C@H]2OC(=O)c2cc(O)c(=O)c3c(O)c(O)cc(/C=C/C(=O)OC4CC(O)(C(=O)O)CC(O)C4O)c3c2)cc(O)c1O. The van der Waals surface area contributed by atoms with Crippen molar-refractivity contribution >= 4 is 34.8 Å². The third-order valence-electron chi connectivity index (χ3n) is 9.62. The lowest BCUT2D eigenvalue weighted by Gasteiger charge is -2.39. The molecule has 0 spiro atoms. The highest BCUT2D eigenvalue weighted by molar-refractivity contribution is 6.02. The van der Waals surface area contributed by atoms with E-state index < -0.39 is 118 Å². The van der Waals surface area contributed by atoms with E-state index in [1.165, 1.54) is 19.1 Å². The van der Waals surface area contributed by atoms with Crippen LogP contribution in [0.5, 0.6) is 46.0 Å². The summed E-state index contributed by atoms with van der Waals surface area (Å²) in [6, 6.07) is 7.38. The summed E-state index contributed by atoms with van der Waals surface area (Å²) in [4.78, 5) is 51.6. The Morgan fingerprint density at radius 2 is 1.52 bits per heavy atom. The van der Waals surface area contributed by atoms with Gasteiger partial charge in [-0.3, -0.25) is 4.79 Å². The van der Waals surface area contributed by atoms with E-state index in [0.717, 1.165) is 30.3 Å². The summed E-state index contributed by atoms with van der Waals surface area (Å²) in [6.07, 6.45) is -7.90. The second kappa shape index (κ2) is 14.5. The Bertz CT molecular complexity index is 2360. The van der Waals surface area contributed by atoms with E-state index >= 15 is 0 Å². The van der Waals surface area contributed by atoms with Crippen LogP contribution in [0.25, 0.3) is 16.8 Å². The Kier molecular flexibility index (Phi) is 10.1. The van der Waals surface area contributed by atoms with E-state index in [9.17, 15) is 75.3 Å². The lowest BCUT2D eigenvalue weighted by Crippen LogP contribution is -2.57. The number of aliphatic hydroxyl groups excluding tert-OH is 2. The second-order valence-corrected chi connectivity index (χ2v) is 13.5. The van der Waals surface area contributed by atoms with Gasteiger partial charge in [0.05, 0.1) is 17.1 Å². The van der Waals surface area contributed by atoms with E-state index in [-0.39, 0.29) is 45.6 Å². The van der Waals surface area contributed by atoms with E-state index in [1.807, 2.05) is 0 Å². The second-order valence-electron chi connectivity index (χ2n) is 13.5. The predicted molar refractivity (Wildman–Crippen MR) is 189 cm³/mol. The fraction of sp³-hybridized carbons (Fsp3) is 0.263. The van der Waals surface area contributed by atoms with Gasteiger partial charge in [0.25, 0.3) is 0 Å². The van der Waals surface area contributed by atoms with Gasteiger partial charge < -0.3 is 70.4 Å². The number of phenols is 6. The number of rotatable bonds is 7. The Labute approximate surface area is 314 Å². The molecule has 6 rings (SSSR count). The van der Waals surface area contributed by atoms with Crippen LogP contribution in [0.3, 0.4) is 0 Å². The van der Waals surface area contributed by atoms with Crippen LogP contribution in [0.4, 0.5) is 0 Å². The fourth-order valence-corrected chi connectivity index (χ4v) is 6.75. The molecular formula is C38H34O18. The first-order valence-corrected chi connectivity index (χ1v) is 16.7. The molecule has 1 saturated carbocycles. The predicted octanol–water partition coefficient (Wildman–Crippen LogP) is 1.61. The van der Waals surface area contributed by atoms with E-state index in [0.29, 0.717) is 12.1 Å². The smallest absolute Gasteiger partial charge is 0.338 e. The molecule has 4 unspecified atom stereocenters. The molecule has 6 atom stereocenters. The highest BCUT2D eigenvalue weighted by Crippen LogP contribution is 2.45. The quantitative estimate of drug-likeness (QED) is 0.0721. The van der Waals surface area contributed by atoms with E-state index in [2.05, 4.69) is 0 Å². The largest absolute Gasteiger partial charge is 0.508 e. The van der Waals surface area contributed by atoms with Crippen LogP contribution in [0.2, 0.25) is 0 Å². The van der Waals surface area contributed by atoms with E-state index in [1.54, 1.807) is 0 Å². The van der Waals surface area contributed by atoms with Crippen molar-refractivity contribution in [2.45, 2.75) is 62.3 Å². The Hall–Kier alpha value is -6.76. The van der Waals surface area contributed by atoms with Crippen molar-refractivity contribution in [2.24, 2.45) is 0 Å². The van der Waals surface area contributed by atoms with Crippen LogP contribution in [0.1, 0.15) is 51.6 Å². The summed E-state index contributed by atoms with van der Waals surface area (Å²) in [5.74, 6) is -8.90.